The van der Waals surface area contributed by atoms with Gasteiger partial charge in [-0.25, -0.2) is 0 Å². The number of carbonyl (C=O) groups excluding carboxylic acids is 1. The predicted molar refractivity (Wildman–Crippen MR) is 78.5 cm³/mol. The molecular weight excluding hydrogens is 246 g/mol. The number of hydrogen-bond donors (Lipinski definition) is 1. The fraction of sp³-hybridized carbons (Fsp3) is 0.846. The molecule has 0 saturated carbocycles. The summed E-state index contributed by atoms with van der Waals surface area (Å²) >= 11 is 4.99. The van der Waals surface area contributed by atoms with E-state index in [9.17, 15) is 4.79 Å². The lowest BCUT2D eigenvalue weighted by Gasteiger charge is -2.25. The molecule has 0 bridgehead atoms. The van der Waals surface area contributed by atoms with Crippen molar-refractivity contribution >= 4 is 23.1 Å². The van der Waals surface area contributed by atoms with E-state index in [-0.39, 0.29) is 11.8 Å². The van der Waals surface area contributed by atoms with Crippen LogP contribution in [0.25, 0.3) is 0 Å². The van der Waals surface area contributed by atoms with Gasteiger partial charge in [0.15, 0.2) is 0 Å². The summed E-state index contributed by atoms with van der Waals surface area (Å²) in [4.78, 5) is 16.7. The van der Waals surface area contributed by atoms with Gasteiger partial charge < -0.3 is 15.5 Å². The summed E-state index contributed by atoms with van der Waals surface area (Å²) in [5, 5.41) is 0. The van der Waals surface area contributed by atoms with Crippen molar-refractivity contribution in [2.75, 3.05) is 33.2 Å². The normalized spacial score (nSPS) is 17.7. The third kappa shape index (κ3) is 4.53. The number of amides is 1. The second-order valence-corrected chi connectivity index (χ2v) is 5.52. The van der Waals surface area contributed by atoms with Gasteiger partial charge >= 0.3 is 0 Å². The van der Waals surface area contributed by atoms with Crippen LogP contribution >= 0.6 is 12.2 Å². The molecule has 1 heterocycles. The molecule has 1 rings (SSSR count). The highest BCUT2D eigenvalue weighted by molar-refractivity contribution is 7.80. The third-order valence-corrected chi connectivity index (χ3v) is 3.83. The first-order valence-electron chi connectivity index (χ1n) is 6.83. The lowest BCUT2D eigenvalue weighted by atomic mass is 10.0. The molecule has 1 amide bonds. The van der Waals surface area contributed by atoms with Gasteiger partial charge in [-0.2, -0.15) is 0 Å². The van der Waals surface area contributed by atoms with Crippen LogP contribution in [0.2, 0.25) is 0 Å². The lowest BCUT2D eigenvalue weighted by molar-refractivity contribution is -0.132. The zero-order valence-electron chi connectivity index (χ0n) is 11.5. The van der Waals surface area contributed by atoms with Gasteiger partial charge in [0.05, 0.1) is 10.9 Å². The van der Waals surface area contributed by atoms with Gasteiger partial charge in [0.25, 0.3) is 0 Å². The Morgan fingerprint density at radius 1 is 1.44 bits per heavy atom. The predicted octanol–water partition coefficient (Wildman–Crippen LogP) is 1.24. The van der Waals surface area contributed by atoms with Gasteiger partial charge in [0.2, 0.25) is 5.91 Å². The van der Waals surface area contributed by atoms with Crippen LogP contribution in [0.1, 0.15) is 32.6 Å². The maximum absolute atomic E-state index is 12.2. The molecule has 0 aromatic heterocycles. The van der Waals surface area contributed by atoms with Crippen LogP contribution in [-0.2, 0) is 4.79 Å². The number of nitrogens with two attached hydrogens (primary N) is 1. The minimum Gasteiger partial charge on any atom is -0.393 e. The number of nitrogens with zero attached hydrogens (tertiary/aromatic N) is 2. The summed E-state index contributed by atoms with van der Waals surface area (Å²) in [6.07, 6.45) is 4.24. The quantitative estimate of drug-likeness (QED) is 0.708. The van der Waals surface area contributed by atoms with Gasteiger partial charge in [0, 0.05) is 20.1 Å². The molecular formula is C13H25N3OS. The maximum atomic E-state index is 12.2. The van der Waals surface area contributed by atoms with Crippen molar-refractivity contribution in [3.05, 3.63) is 0 Å². The number of carbonyl (C=O) groups is 1. The monoisotopic (exact) mass is 271 g/mol. The molecule has 2 N–H and O–H groups in total. The molecule has 18 heavy (non-hydrogen) atoms. The molecule has 0 aromatic rings. The SMILES string of the molecule is CCCC(C(=O)N(C)CCN1CCCC1)C(N)=S. The lowest BCUT2D eigenvalue weighted by Crippen LogP contribution is -2.42. The Kier molecular flexibility index (Phi) is 6.57. The number of thiocarbonyl (C=S) groups is 1. The second kappa shape index (κ2) is 7.69. The van der Waals surface area contributed by atoms with Gasteiger partial charge in [-0.15, -0.1) is 0 Å². The number of hydrogen-bond acceptors (Lipinski definition) is 3. The van der Waals surface area contributed by atoms with Crippen molar-refractivity contribution in [3.8, 4) is 0 Å². The average molecular weight is 271 g/mol. The smallest absolute Gasteiger partial charge is 0.232 e. The molecule has 4 nitrogen and oxygen atoms in total. The summed E-state index contributed by atoms with van der Waals surface area (Å²) in [7, 11) is 1.85. The van der Waals surface area contributed by atoms with E-state index in [1.54, 1.807) is 4.90 Å². The van der Waals surface area contributed by atoms with Crippen molar-refractivity contribution < 1.29 is 4.79 Å². The minimum atomic E-state index is -0.284. The zero-order valence-corrected chi connectivity index (χ0v) is 12.3. The average Bonchev–Trinajstić information content (AvgIpc) is 2.84. The van der Waals surface area contributed by atoms with E-state index in [0.29, 0.717) is 4.99 Å². The molecule has 0 aliphatic carbocycles. The fourth-order valence-electron chi connectivity index (χ4n) is 2.35. The largest absolute Gasteiger partial charge is 0.393 e. The first kappa shape index (κ1) is 15.4. The molecule has 1 atom stereocenters. The van der Waals surface area contributed by atoms with Gasteiger partial charge in [-0.05, 0) is 32.4 Å². The molecule has 1 fully saturated rings. The van der Waals surface area contributed by atoms with Crippen molar-refractivity contribution in [2.24, 2.45) is 11.7 Å². The van der Waals surface area contributed by atoms with E-state index in [1.807, 2.05) is 14.0 Å². The first-order valence-corrected chi connectivity index (χ1v) is 7.23. The van der Waals surface area contributed by atoms with Crippen LogP contribution in [0.15, 0.2) is 0 Å². The van der Waals surface area contributed by atoms with E-state index in [0.717, 1.165) is 39.0 Å². The molecule has 0 spiro atoms. The first-order chi connectivity index (χ1) is 8.56. The Bertz CT molecular complexity index is 290. The summed E-state index contributed by atoms with van der Waals surface area (Å²) in [6, 6.07) is 0. The molecule has 1 aliphatic heterocycles. The Hall–Kier alpha value is -0.680. The maximum Gasteiger partial charge on any atom is 0.232 e. The molecule has 0 aromatic carbocycles. The van der Waals surface area contributed by atoms with Crippen molar-refractivity contribution in [1.82, 2.24) is 9.80 Å². The van der Waals surface area contributed by atoms with E-state index in [1.165, 1.54) is 12.8 Å². The number of likely N-dealkylation sites (tertiary alicyclic amines) is 1. The Labute approximate surface area is 115 Å². The molecule has 1 saturated heterocycles. The second-order valence-electron chi connectivity index (χ2n) is 5.05. The Morgan fingerprint density at radius 2 is 2.06 bits per heavy atom. The highest BCUT2D eigenvalue weighted by Gasteiger charge is 2.24. The molecule has 1 aliphatic rings. The van der Waals surface area contributed by atoms with E-state index in [4.69, 9.17) is 18.0 Å². The summed E-state index contributed by atoms with van der Waals surface area (Å²) in [5.41, 5.74) is 5.65. The van der Waals surface area contributed by atoms with Gasteiger partial charge in [0.1, 0.15) is 0 Å². The molecule has 1 unspecified atom stereocenters. The summed E-state index contributed by atoms with van der Waals surface area (Å²) < 4.78 is 0. The third-order valence-electron chi connectivity index (χ3n) is 3.55. The number of rotatable bonds is 7. The van der Waals surface area contributed by atoms with Crippen molar-refractivity contribution in [1.29, 1.82) is 0 Å². The van der Waals surface area contributed by atoms with Crippen molar-refractivity contribution in [2.45, 2.75) is 32.6 Å². The van der Waals surface area contributed by atoms with Crippen LogP contribution in [0.3, 0.4) is 0 Å². The van der Waals surface area contributed by atoms with Crippen LogP contribution < -0.4 is 5.73 Å². The van der Waals surface area contributed by atoms with Crippen LogP contribution in [0, 0.1) is 5.92 Å². The fourth-order valence-corrected chi connectivity index (χ4v) is 2.57. The minimum absolute atomic E-state index is 0.0727. The standard InChI is InChI=1S/C13H25N3OS/c1-3-6-11(12(14)18)13(17)15(2)9-10-16-7-4-5-8-16/h11H,3-10H2,1-2H3,(H2,14,18). The molecule has 104 valence electrons. The van der Waals surface area contributed by atoms with E-state index < -0.39 is 0 Å². The molecule has 5 heteroatoms. The van der Waals surface area contributed by atoms with Gasteiger partial charge in [-0.1, -0.05) is 25.6 Å². The Balaban J connectivity index is 2.40. The summed E-state index contributed by atoms with van der Waals surface area (Å²) in [5.74, 6) is -0.211. The van der Waals surface area contributed by atoms with E-state index in [2.05, 4.69) is 4.90 Å². The van der Waals surface area contributed by atoms with Crippen LogP contribution in [0.4, 0.5) is 0 Å². The van der Waals surface area contributed by atoms with Crippen LogP contribution in [0.5, 0.6) is 0 Å². The zero-order chi connectivity index (χ0) is 13.5. The highest BCUT2D eigenvalue weighted by Crippen LogP contribution is 2.11. The topological polar surface area (TPSA) is 49.6 Å². The van der Waals surface area contributed by atoms with E-state index >= 15 is 0 Å². The number of likely N-dealkylation sites (N-methyl/N-ethyl adjacent to an activating group) is 1. The Morgan fingerprint density at radius 3 is 2.56 bits per heavy atom. The summed E-state index contributed by atoms with van der Waals surface area (Å²) in [6.45, 7) is 6.09. The highest BCUT2D eigenvalue weighted by atomic mass is 32.1. The van der Waals surface area contributed by atoms with Gasteiger partial charge in [-0.3, -0.25) is 4.79 Å². The van der Waals surface area contributed by atoms with Crippen LogP contribution in [-0.4, -0.2) is 53.9 Å². The molecule has 0 radical (unpaired) electrons. The van der Waals surface area contributed by atoms with Crippen molar-refractivity contribution in [3.63, 3.8) is 0 Å².